The number of H-pyrrole nitrogens is 1. The number of nitrogens with zero attached hydrogens (tertiary/aromatic N) is 4. The summed E-state index contributed by atoms with van der Waals surface area (Å²) in [7, 11) is 0. The van der Waals surface area contributed by atoms with E-state index in [1.807, 2.05) is 0 Å². The van der Waals surface area contributed by atoms with Crippen molar-refractivity contribution in [3.63, 3.8) is 0 Å². The summed E-state index contributed by atoms with van der Waals surface area (Å²) in [6.07, 6.45) is 14.1. The first-order valence-electron chi connectivity index (χ1n) is 11.0. The third kappa shape index (κ3) is 3.13. The van der Waals surface area contributed by atoms with E-state index in [1.165, 1.54) is 6.07 Å². The highest BCUT2D eigenvalue weighted by atomic mass is 19.1. The Morgan fingerprint density at radius 1 is 1.27 bits per heavy atom. The molecule has 8 nitrogen and oxygen atoms in total. The van der Waals surface area contributed by atoms with Crippen LogP contribution in [0.25, 0.3) is 27.9 Å². The number of fused-ring (bicyclic) bond motifs is 5. The van der Waals surface area contributed by atoms with Gasteiger partial charge in [0, 0.05) is 34.9 Å². The average molecular weight is 444 g/mol. The van der Waals surface area contributed by atoms with E-state index in [4.69, 9.17) is 11.4 Å². The molecule has 3 aliphatic carbocycles. The van der Waals surface area contributed by atoms with Gasteiger partial charge >= 0.3 is 5.97 Å². The zero-order valence-electron chi connectivity index (χ0n) is 17.6. The molecule has 0 amide bonds. The van der Waals surface area contributed by atoms with Crippen LogP contribution in [0.15, 0.2) is 30.7 Å². The summed E-state index contributed by atoms with van der Waals surface area (Å²) < 4.78 is 15.5. The Morgan fingerprint density at radius 2 is 2.06 bits per heavy atom. The fourth-order valence-electron chi connectivity index (χ4n) is 5.63. The predicted octanol–water partition coefficient (Wildman–Crippen LogP) is 3.69. The Balaban J connectivity index is 1.50. The lowest BCUT2D eigenvalue weighted by Crippen LogP contribution is -2.51. The van der Waals surface area contributed by atoms with Gasteiger partial charge in [-0.1, -0.05) is 5.92 Å². The van der Waals surface area contributed by atoms with Crippen molar-refractivity contribution in [2.75, 3.05) is 5.32 Å². The van der Waals surface area contributed by atoms with E-state index < -0.39 is 17.7 Å². The quantitative estimate of drug-likeness (QED) is 0.414. The van der Waals surface area contributed by atoms with E-state index in [-0.39, 0.29) is 17.9 Å². The molecule has 3 aliphatic rings. The van der Waals surface area contributed by atoms with Crippen LogP contribution in [0.4, 0.5) is 10.2 Å². The number of carboxylic acids is 1. The smallest absolute Gasteiger partial charge is 0.308 e. The molecule has 0 aliphatic heterocycles. The number of rotatable bonds is 4. The van der Waals surface area contributed by atoms with Crippen molar-refractivity contribution in [3.8, 4) is 23.7 Å². The second-order valence-corrected chi connectivity index (χ2v) is 8.95. The third-order valence-corrected chi connectivity index (χ3v) is 7.18. The number of nitrogens with one attached hydrogen (secondary N) is 2. The van der Waals surface area contributed by atoms with Crippen LogP contribution < -0.4 is 5.32 Å². The van der Waals surface area contributed by atoms with E-state index in [0.717, 1.165) is 31.9 Å². The van der Waals surface area contributed by atoms with Crippen molar-refractivity contribution in [2.24, 2.45) is 17.8 Å². The Morgan fingerprint density at radius 3 is 2.82 bits per heavy atom. The van der Waals surface area contributed by atoms with Crippen molar-refractivity contribution in [1.29, 1.82) is 0 Å². The predicted molar refractivity (Wildman–Crippen MR) is 120 cm³/mol. The minimum absolute atomic E-state index is 0.165. The van der Waals surface area contributed by atoms with E-state index in [0.29, 0.717) is 39.3 Å². The largest absolute Gasteiger partial charge is 0.481 e. The van der Waals surface area contributed by atoms with Gasteiger partial charge in [-0.2, -0.15) is 0 Å². The third-order valence-electron chi connectivity index (χ3n) is 7.18. The molecular weight excluding hydrogens is 423 g/mol. The molecular formula is C24H21FN6O2. The van der Waals surface area contributed by atoms with E-state index in [1.54, 1.807) is 23.0 Å². The van der Waals surface area contributed by atoms with Crippen molar-refractivity contribution < 1.29 is 14.3 Å². The number of aromatic amines is 1. The summed E-state index contributed by atoms with van der Waals surface area (Å²) in [5.41, 5.74) is 2.42. The number of aliphatic carboxylic acids is 1. The number of hydrogen-bond donors (Lipinski definition) is 3. The molecule has 0 spiro atoms. The SMILES string of the molecule is C#Cc1cc2c(N[C@H]3C4CCC(CC4)[C@@H]3C(=O)O)nc(-c3c[nH]c4ncc(F)cc34)nn2c1. The number of aromatic nitrogens is 5. The first-order valence-corrected chi connectivity index (χ1v) is 11.0. The zero-order chi connectivity index (χ0) is 22.7. The number of carboxylic acid groups (broad SMARTS) is 1. The summed E-state index contributed by atoms with van der Waals surface area (Å²) >= 11 is 0. The fraction of sp³-hybridized carbons (Fsp3) is 0.333. The van der Waals surface area contributed by atoms with Crippen LogP contribution in [-0.4, -0.2) is 41.7 Å². The molecule has 9 heteroatoms. The molecule has 0 aromatic carbocycles. The van der Waals surface area contributed by atoms with Crippen LogP contribution in [0.2, 0.25) is 0 Å². The van der Waals surface area contributed by atoms with Gasteiger partial charge in [0.2, 0.25) is 0 Å². The molecule has 0 saturated heterocycles. The fourth-order valence-corrected chi connectivity index (χ4v) is 5.63. The van der Waals surface area contributed by atoms with Crippen LogP contribution in [0, 0.1) is 35.9 Å². The van der Waals surface area contributed by atoms with Gasteiger partial charge in [0.25, 0.3) is 0 Å². The van der Waals surface area contributed by atoms with Crippen molar-refractivity contribution >= 4 is 28.3 Å². The monoisotopic (exact) mass is 444 g/mol. The Bertz CT molecular complexity index is 1440. The summed E-state index contributed by atoms with van der Waals surface area (Å²) in [4.78, 5) is 24.0. The molecule has 2 atom stereocenters. The van der Waals surface area contributed by atoms with Gasteiger partial charge in [0.15, 0.2) is 11.6 Å². The molecule has 2 bridgehead atoms. The highest BCUT2D eigenvalue weighted by Crippen LogP contribution is 2.46. The second-order valence-electron chi connectivity index (χ2n) is 8.95. The van der Waals surface area contributed by atoms with Gasteiger partial charge in [0.05, 0.1) is 12.1 Å². The van der Waals surface area contributed by atoms with Crippen molar-refractivity contribution in [2.45, 2.75) is 31.7 Å². The van der Waals surface area contributed by atoms with E-state index in [9.17, 15) is 14.3 Å². The molecule has 0 radical (unpaired) electrons. The molecule has 4 heterocycles. The molecule has 33 heavy (non-hydrogen) atoms. The normalized spacial score (nSPS) is 24.2. The van der Waals surface area contributed by atoms with Crippen LogP contribution in [0.5, 0.6) is 0 Å². The molecule has 3 fully saturated rings. The first-order chi connectivity index (χ1) is 16.0. The molecule has 166 valence electrons. The maximum atomic E-state index is 13.9. The lowest BCUT2D eigenvalue weighted by molar-refractivity contribution is -0.148. The Kier molecular flexibility index (Phi) is 4.37. The minimum atomic E-state index is -0.773. The van der Waals surface area contributed by atoms with Gasteiger partial charge in [0.1, 0.15) is 17.0 Å². The molecule has 3 N–H and O–H groups in total. The maximum absolute atomic E-state index is 13.9. The van der Waals surface area contributed by atoms with Gasteiger partial charge in [-0.3, -0.25) is 4.79 Å². The number of carbonyl (C=O) groups is 1. The first kappa shape index (κ1) is 19.7. The standard InChI is InChI=1S/C24H21FN6O2/c1-2-12-7-18-23(28-20-14-5-3-13(4-6-14)19(20)24(32)33)29-22(30-31(18)11-12)17-10-27-21-16(17)8-15(25)9-26-21/h1,7-11,13-14,19-20H,3-6H2,(H,26,27)(H,32,33)(H,28,29,30)/t13?,14?,19-,20-/m0/s1. The number of hydrogen-bond acceptors (Lipinski definition) is 5. The minimum Gasteiger partial charge on any atom is -0.481 e. The average Bonchev–Trinajstić information content (AvgIpc) is 3.43. The summed E-state index contributed by atoms with van der Waals surface area (Å²) in [6, 6.07) is 2.96. The second kappa shape index (κ2) is 7.30. The number of terminal acetylenes is 1. The Labute approximate surface area is 188 Å². The number of anilines is 1. The molecule has 4 aromatic rings. The molecule has 3 saturated carbocycles. The van der Waals surface area contributed by atoms with Crippen LogP contribution in [-0.2, 0) is 4.79 Å². The Hall–Kier alpha value is -3.93. The van der Waals surface area contributed by atoms with Crippen molar-refractivity contribution in [3.05, 3.63) is 42.1 Å². The molecule has 7 rings (SSSR count). The highest BCUT2D eigenvalue weighted by Gasteiger charge is 2.47. The lowest BCUT2D eigenvalue weighted by atomic mass is 9.61. The van der Waals surface area contributed by atoms with Gasteiger partial charge in [-0.15, -0.1) is 11.5 Å². The van der Waals surface area contributed by atoms with E-state index >= 15 is 0 Å². The number of pyridine rings is 1. The van der Waals surface area contributed by atoms with Crippen LogP contribution >= 0.6 is 0 Å². The van der Waals surface area contributed by atoms with Gasteiger partial charge < -0.3 is 15.4 Å². The van der Waals surface area contributed by atoms with Crippen molar-refractivity contribution in [1.82, 2.24) is 24.6 Å². The summed E-state index contributed by atoms with van der Waals surface area (Å²) in [5, 5.41) is 18.6. The lowest BCUT2D eigenvalue weighted by Gasteiger charge is -2.47. The summed E-state index contributed by atoms with van der Waals surface area (Å²) in [5.74, 6) is 2.22. The summed E-state index contributed by atoms with van der Waals surface area (Å²) in [6.45, 7) is 0. The number of halogens is 1. The van der Waals surface area contributed by atoms with Gasteiger partial charge in [-0.25, -0.2) is 18.9 Å². The zero-order valence-corrected chi connectivity index (χ0v) is 17.6. The maximum Gasteiger partial charge on any atom is 0.308 e. The molecule has 4 aromatic heterocycles. The van der Waals surface area contributed by atoms with Crippen LogP contribution in [0.1, 0.15) is 31.2 Å². The highest BCUT2D eigenvalue weighted by molar-refractivity contribution is 5.92. The topological polar surface area (TPSA) is 108 Å². The van der Waals surface area contributed by atoms with E-state index in [2.05, 4.69) is 26.3 Å². The van der Waals surface area contributed by atoms with Crippen LogP contribution in [0.3, 0.4) is 0 Å². The molecule has 0 unspecified atom stereocenters. The van der Waals surface area contributed by atoms with Gasteiger partial charge in [-0.05, 0) is 49.7 Å².